The number of aromatic nitrogens is 4. The minimum Gasteiger partial charge on any atom is -0.379 e. The number of carbonyl (C=O) groups is 1. The molecule has 98 valence electrons. The van der Waals surface area contributed by atoms with Crippen LogP contribution in [-0.2, 0) is 9.53 Å². The Labute approximate surface area is 105 Å². The molecule has 1 atom stereocenters. The lowest BCUT2D eigenvalue weighted by molar-refractivity contribution is -0.172. The first-order valence-corrected chi connectivity index (χ1v) is 6.35. The Bertz CT molecular complexity index is 423. The number of carbonyl (C=O) groups excluding carboxylic acids is 1. The average Bonchev–Trinajstić information content (AvgIpc) is 2.99. The van der Waals surface area contributed by atoms with Crippen LogP contribution in [0.25, 0.3) is 0 Å². The van der Waals surface area contributed by atoms with Crippen LogP contribution in [0.2, 0.25) is 0 Å². The minimum absolute atomic E-state index is 0.211. The molecular formula is C11H17N5O2. The van der Waals surface area contributed by atoms with Crippen LogP contribution < -0.4 is 0 Å². The third kappa shape index (κ3) is 1.69. The number of H-pyrrole nitrogens is 1. The van der Waals surface area contributed by atoms with Crippen LogP contribution in [0.4, 0.5) is 0 Å². The lowest BCUT2D eigenvalue weighted by Gasteiger charge is -2.41. The van der Waals surface area contributed by atoms with Crippen LogP contribution in [0.5, 0.6) is 0 Å². The van der Waals surface area contributed by atoms with Gasteiger partial charge in [0.05, 0.1) is 18.6 Å². The monoisotopic (exact) mass is 251 g/mol. The maximum atomic E-state index is 12.5. The fraction of sp³-hybridized carbons (Fsp3) is 0.818. The molecule has 1 unspecified atom stereocenters. The van der Waals surface area contributed by atoms with Gasteiger partial charge < -0.3 is 9.64 Å². The predicted octanol–water partition coefficient (Wildman–Crippen LogP) is -0.0578. The third-order valence-corrected chi connectivity index (χ3v) is 4.09. The first-order valence-electron chi connectivity index (χ1n) is 6.35. The summed E-state index contributed by atoms with van der Waals surface area (Å²) in [7, 11) is 0. The maximum absolute atomic E-state index is 12.5. The maximum Gasteiger partial charge on any atom is 0.233 e. The first kappa shape index (κ1) is 11.6. The standard InChI is InChI=1S/C11H17N5O2/c1-2-11(6-18-7-11)10(17)16-4-3-8(5-16)9-12-14-15-13-9/h8H,2-7H2,1H3,(H,12,13,14,15). The number of aromatic amines is 1. The summed E-state index contributed by atoms with van der Waals surface area (Å²) in [6, 6.07) is 0. The van der Waals surface area contributed by atoms with Crippen molar-refractivity contribution in [1.82, 2.24) is 25.5 Å². The Morgan fingerprint density at radius 1 is 1.61 bits per heavy atom. The highest BCUT2D eigenvalue weighted by molar-refractivity contribution is 5.84. The van der Waals surface area contributed by atoms with Gasteiger partial charge in [-0.25, -0.2) is 0 Å². The molecule has 2 fully saturated rings. The SMILES string of the molecule is CCC1(C(=O)N2CCC(c3nn[nH]n3)C2)COC1. The van der Waals surface area contributed by atoms with Crippen molar-refractivity contribution in [2.45, 2.75) is 25.7 Å². The number of amides is 1. The molecule has 3 rings (SSSR count). The number of rotatable bonds is 3. The van der Waals surface area contributed by atoms with Gasteiger partial charge in [-0.1, -0.05) is 12.1 Å². The summed E-state index contributed by atoms with van der Waals surface area (Å²) in [5.74, 6) is 1.14. The number of likely N-dealkylation sites (tertiary alicyclic amines) is 1. The first-order chi connectivity index (χ1) is 8.75. The second-order valence-electron chi connectivity index (χ2n) is 5.13. The van der Waals surface area contributed by atoms with E-state index in [1.807, 2.05) is 11.8 Å². The van der Waals surface area contributed by atoms with Crippen molar-refractivity contribution in [1.29, 1.82) is 0 Å². The van der Waals surface area contributed by atoms with E-state index < -0.39 is 0 Å². The minimum atomic E-state index is -0.272. The molecule has 2 aliphatic rings. The van der Waals surface area contributed by atoms with Gasteiger partial charge in [0, 0.05) is 19.0 Å². The number of nitrogens with one attached hydrogen (secondary N) is 1. The van der Waals surface area contributed by atoms with Crippen molar-refractivity contribution in [2.75, 3.05) is 26.3 Å². The summed E-state index contributed by atoms with van der Waals surface area (Å²) in [5, 5.41) is 14.0. The second kappa shape index (κ2) is 4.31. The smallest absolute Gasteiger partial charge is 0.233 e. The van der Waals surface area contributed by atoms with E-state index in [2.05, 4.69) is 20.6 Å². The van der Waals surface area contributed by atoms with E-state index in [9.17, 15) is 4.79 Å². The topological polar surface area (TPSA) is 84.0 Å². The molecule has 0 spiro atoms. The van der Waals surface area contributed by atoms with Crippen LogP contribution in [-0.4, -0.2) is 57.7 Å². The van der Waals surface area contributed by atoms with E-state index in [0.29, 0.717) is 25.6 Å². The Morgan fingerprint density at radius 3 is 3.00 bits per heavy atom. The average molecular weight is 251 g/mol. The molecule has 0 bridgehead atoms. The Kier molecular flexibility index (Phi) is 2.77. The highest BCUT2D eigenvalue weighted by atomic mass is 16.5. The molecule has 2 saturated heterocycles. The molecular weight excluding hydrogens is 234 g/mol. The van der Waals surface area contributed by atoms with Gasteiger partial charge in [-0.2, -0.15) is 5.21 Å². The molecule has 7 heteroatoms. The summed E-state index contributed by atoms with van der Waals surface area (Å²) < 4.78 is 5.22. The van der Waals surface area contributed by atoms with Crippen molar-refractivity contribution in [3.63, 3.8) is 0 Å². The zero-order chi connectivity index (χ0) is 12.6. The molecule has 0 aromatic carbocycles. The molecule has 0 aliphatic carbocycles. The van der Waals surface area contributed by atoms with E-state index in [-0.39, 0.29) is 17.2 Å². The van der Waals surface area contributed by atoms with E-state index in [1.54, 1.807) is 0 Å². The number of hydrogen-bond acceptors (Lipinski definition) is 5. The van der Waals surface area contributed by atoms with Crippen LogP contribution in [0.15, 0.2) is 0 Å². The van der Waals surface area contributed by atoms with Crippen LogP contribution in [0.1, 0.15) is 31.5 Å². The quantitative estimate of drug-likeness (QED) is 0.813. The van der Waals surface area contributed by atoms with Gasteiger partial charge in [0.25, 0.3) is 0 Å². The number of tetrazole rings is 1. The van der Waals surface area contributed by atoms with Gasteiger partial charge in [-0.15, -0.1) is 10.2 Å². The highest BCUT2D eigenvalue weighted by Crippen LogP contribution is 2.36. The van der Waals surface area contributed by atoms with Crippen molar-refractivity contribution in [3.8, 4) is 0 Å². The zero-order valence-electron chi connectivity index (χ0n) is 10.4. The van der Waals surface area contributed by atoms with E-state index in [1.165, 1.54) is 0 Å². The Morgan fingerprint density at radius 2 is 2.44 bits per heavy atom. The summed E-state index contributed by atoms with van der Waals surface area (Å²) in [6.45, 7) is 4.64. The molecule has 0 saturated carbocycles. The summed E-state index contributed by atoms with van der Waals surface area (Å²) >= 11 is 0. The van der Waals surface area contributed by atoms with Crippen molar-refractivity contribution < 1.29 is 9.53 Å². The molecule has 0 radical (unpaired) electrons. The number of nitrogens with zero attached hydrogens (tertiary/aromatic N) is 4. The fourth-order valence-electron chi connectivity index (χ4n) is 2.66. The van der Waals surface area contributed by atoms with Crippen molar-refractivity contribution in [2.24, 2.45) is 5.41 Å². The Balaban J connectivity index is 1.67. The Hall–Kier alpha value is -1.50. The zero-order valence-corrected chi connectivity index (χ0v) is 10.4. The molecule has 1 aromatic rings. The van der Waals surface area contributed by atoms with E-state index in [4.69, 9.17) is 4.74 Å². The predicted molar refractivity (Wildman–Crippen MR) is 61.7 cm³/mol. The lowest BCUT2D eigenvalue weighted by atomic mass is 9.81. The lowest BCUT2D eigenvalue weighted by Crippen LogP contribution is -2.54. The summed E-state index contributed by atoms with van der Waals surface area (Å²) in [6.07, 6.45) is 1.75. The van der Waals surface area contributed by atoms with Crippen LogP contribution >= 0.6 is 0 Å². The molecule has 1 amide bonds. The molecule has 7 nitrogen and oxygen atoms in total. The van der Waals surface area contributed by atoms with Gasteiger partial charge in [-0.3, -0.25) is 4.79 Å². The van der Waals surface area contributed by atoms with Crippen LogP contribution in [0, 0.1) is 5.41 Å². The van der Waals surface area contributed by atoms with Crippen molar-refractivity contribution in [3.05, 3.63) is 5.82 Å². The summed E-state index contributed by atoms with van der Waals surface area (Å²) in [5.41, 5.74) is -0.272. The normalized spacial score (nSPS) is 26.1. The molecule has 3 heterocycles. The van der Waals surface area contributed by atoms with Gasteiger partial charge in [-0.05, 0) is 12.8 Å². The number of ether oxygens (including phenoxy) is 1. The summed E-state index contributed by atoms with van der Waals surface area (Å²) in [4.78, 5) is 14.4. The van der Waals surface area contributed by atoms with E-state index >= 15 is 0 Å². The fourth-order valence-corrected chi connectivity index (χ4v) is 2.66. The molecule has 2 aliphatic heterocycles. The molecule has 1 aromatic heterocycles. The second-order valence-corrected chi connectivity index (χ2v) is 5.13. The van der Waals surface area contributed by atoms with Gasteiger partial charge in [0.15, 0.2) is 5.82 Å². The van der Waals surface area contributed by atoms with Gasteiger partial charge >= 0.3 is 0 Å². The third-order valence-electron chi connectivity index (χ3n) is 4.09. The largest absolute Gasteiger partial charge is 0.379 e. The van der Waals surface area contributed by atoms with Gasteiger partial charge in [0.1, 0.15) is 0 Å². The van der Waals surface area contributed by atoms with Gasteiger partial charge in [0.2, 0.25) is 5.91 Å². The van der Waals surface area contributed by atoms with E-state index in [0.717, 1.165) is 19.4 Å². The van der Waals surface area contributed by atoms with Crippen molar-refractivity contribution >= 4 is 5.91 Å². The van der Waals surface area contributed by atoms with Crippen LogP contribution in [0.3, 0.4) is 0 Å². The molecule has 18 heavy (non-hydrogen) atoms. The highest BCUT2D eigenvalue weighted by Gasteiger charge is 2.47. The molecule has 1 N–H and O–H groups in total. The number of hydrogen-bond donors (Lipinski definition) is 1.